The normalized spacial score (nSPS) is 10.7. The van der Waals surface area contributed by atoms with Crippen LogP contribution in [-0.2, 0) is 18.4 Å². The molecule has 8 nitrogen and oxygen atoms in total. The maximum Gasteiger partial charge on any atom is 0.221 e. The van der Waals surface area contributed by atoms with Crippen LogP contribution in [-0.4, -0.2) is 37.2 Å². The topological polar surface area (TPSA) is 102 Å². The molecule has 10 heteroatoms. The number of nitrogens with one attached hydrogen (secondary N) is 2. The molecule has 0 bridgehead atoms. The number of amides is 1. The van der Waals surface area contributed by atoms with Gasteiger partial charge in [0.05, 0.1) is 18.0 Å². The maximum atomic E-state index is 12.5. The van der Waals surface area contributed by atoms with Crippen LogP contribution in [0.15, 0.2) is 65.1 Å². The third-order valence-electron chi connectivity index (χ3n) is 4.76. The Morgan fingerprint density at radius 3 is 2.55 bits per heavy atom. The van der Waals surface area contributed by atoms with E-state index in [1.807, 2.05) is 47.3 Å². The second kappa shape index (κ2) is 10.4. The lowest BCUT2D eigenvalue weighted by atomic mass is 10.1. The second-order valence-electron chi connectivity index (χ2n) is 7.19. The van der Waals surface area contributed by atoms with Gasteiger partial charge in [-0.1, -0.05) is 42.1 Å². The van der Waals surface area contributed by atoms with Gasteiger partial charge < -0.3 is 15.2 Å². The average Bonchev–Trinajstić information content (AvgIpc) is 3.43. The van der Waals surface area contributed by atoms with Gasteiger partial charge in [0.15, 0.2) is 21.9 Å². The van der Waals surface area contributed by atoms with E-state index in [0.717, 1.165) is 22.2 Å². The smallest absolute Gasteiger partial charge is 0.221 e. The molecular formula is C23H22N6O2S2. The minimum Gasteiger partial charge on any atom is -0.354 e. The first kappa shape index (κ1) is 22.7. The summed E-state index contributed by atoms with van der Waals surface area (Å²) in [4.78, 5) is 28.2. The van der Waals surface area contributed by atoms with Crippen LogP contribution in [0.25, 0.3) is 11.3 Å². The predicted octanol–water partition coefficient (Wildman–Crippen LogP) is 4.48. The van der Waals surface area contributed by atoms with Gasteiger partial charge in [0.25, 0.3) is 0 Å². The summed E-state index contributed by atoms with van der Waals surface area (Å²) in [7, 11) is 1.88. The molecule has 0 spiro atoms. The summed E-state index contributed by atoms with van der Waals surface area (Å²) in [5.74, 6) is 0.823. The fourth-order valence-electron chi connectivity index (χ4n) is 3.03. The van der Waals surface area contributed by atoms with Gasteiger partial charge in [0.2, 0.25) is 5.91 Å². The third kappa shape index (κ3) is 5.85. The van der Waals surface area contributed by atoms with Gasteiger partial charge >= 0.3 is 0 Å². The van der Waals surface area contributed by atoms with Gasteiger partial charge in [0.1, 0.15) is 0 Å². The molecule has 0 radical (unpaired) electrons. The Balaban J connectivity index is 1.31. The van der Waals surface area contributed by atoms with Crippen molar-refractivity contribution >= 4 is 45.6 Å². The molecule has 4 rings (SSSR count). The molecule has 0 aliphatic rings. The van der Waals surface area contributed by atoms with Crippen molar-refractivity contribution in [3.63, 3.8) is 0 Å². The molecule has 33 heavy (non-hydrogen) atoms. The summed E-state index contributed by atoms with van der Waals surface area (Å²) in [6.45, 7) is 1.92. The number of nitrogens with zero attached hydrogens (tertiary/aromatic N) is 4. The first-order valence-corrected chi connectivity index (χ1v) is 12.0. The van der Waals surface area contributed by atoms with Crippen LogP contribution in [0.1, 0.15) is 23.1 Å². The van der Waals surface area contributed by atoms with Gasteiger partial charge in [-0.05, 0) is 24.3 Å². The van der Waals surface area contributed by atoms with Gasteiger partial charge in [-0.15, -0.1) is 21.5 Å². The number of ketones is 1. The van der Waals surface area contributed by atoms with E-state index >= 15 is 0 Å². The molecule has 0 atom stereocenters. The lowest BCUT2D eigenvalue weighted by Crippen LogP contribution is -2.08. The van der Waals surface area contributed by atoms with E-state index in [1.165, 1.54) is 30.0 Å². The summed E-state index contributed by atoms with van der Waals surface area (Å²) in [5.41, 5.74) is 3.25. The molecule has 2 N–H and O–H groups in total. The van der Waals surface area contributed by atoms with E-state index < -0.39 is 0 Å². The Bertz CT molecular complexity index is 1250. The number of carbonyl (C=O) groups is 2. The number of Topliss-reactive ketones (excluding diaryl/α,β-unsaturated/α-hetero) is 1. The zero-order valence-electron chi connectivity index (χ0n) is 18.1. The van der Waals surface area contributed by atoms with Crippen molar-refractivity contribution in [2.75, 3.05) is 16.4 Å². The SMILES string of the molecule is CC(=O)Nc1ccc(C(=O)CSc2nnc(CNc3nc(-c4ccccc4)cs3)n2C)cc1. The van der Waals surface area contributed by atoms with Crippen molar-refractivity contribution in [1.29, 1.82) is 0 Å². The van der Waals surface area contributed by atoms with Crippen molar-refractivity contribution in [1.82, 2.24) is 19.7 Å². The summed E-state index contributed by atoms with van der Waals surface area (Å²) < 4.78 is 1.87. The van der Waals surface area contributed by atoms with E-state index in [-0.39, 0.29) is 17.4 Å². The number of hydrogen-bond donors (Lipinski definition) is 2. The fourth-order valence-corrected chi connectivity index (χ4v) is 4.57. The number of thioether (sulfide) groups is 1. The standard InChI is InChI=1S/C23H22N6O2S2/c1-15(30)25-18-10-8-17(9-11-18)20(31)14-33-23-28-27-21(29(23)2)12-24-22-26-19(13-32-22)16-6-4-3-5-7-16/h3-11,13H,12,14H2,1-2H3,(H,24,26)(H,25,30). The molecule has 0 saturated heterocycles. The van der Waals surface area contributed by atoms with Crippen molar-refractivity contribution in [2.24, 2.45) is 7.05 Å². The van der Waals surface area contributed by atoms with E-state index in [2.05, 4.69) is 25.8 Å². The largest absolute Gasteiger partial charge is 0.354 e. The number of carbonyl (C=O) groups excluding carboxylic acids is 2. The van der Waals surface area contributed by atoms with E-state index in [4.69, 9.17) is 0 Å². The Labute approximate surface area is 199 Å². The van der Waals surface area contributed by atoms with Crippen molar-refractivity contribution in [2.45, 2.75) is 18.6 Å². The average molecular weight is 479 g/mol. The molecule has 0 aliphatic carbocycles. The van der Waals surface area contributed by atoms with E-state index in [1.54, 1.807) is 24.3 Å². The number of rotatable bonds is 9. The van der Waals surface area contributed by atoms with Gasteiger partial charge in [-0.3, -0.25) is 9.59 Å². The number of thiazole rings is 1. The Kier molecular flexibility index (Phi) is 7.16. The first-order valence-electron chi connectivity index (χ1n) is 10.2. The molecule has 2 aromatic heterocycles. The highest BCUT2D eigenvalue weighted by atomic mass is 32.2. The monoisotopic (exact) mass is 478 g/mol. The van der Waals surface area contributed by atoms with Crippen LogP contribution in [0.4, 0.5) is 10.8 Å². The van der Waals surface area contributed by atoms with Gasteiger partial charge in [-0.25, -0.2) is 4.98 Å². The molecule has 1 amide bonds. The zero-order valence-corrected chi connectivity index (χ0v) is 19.7. The second-order valence-corrected chi connectivity index (χ2v) is 8.99. The van der Waals surface area contributed by atoms with E-state index in [0.29, 0.717) is 23.0 Å². The third-order valence-corrected chi connectivity index (χ3v) is 6.58. The Hall–Kier alpha value is -3.50. The number of hydrogen-bond acceptors (Lipinski definition) is 8. The van der Waals surface area contributed by atoms with Crippen LogP contribution in [0.3, 0.4) is 0 Å². The molecule has 2 aromatic carbocycles. The minimum absolute atomic E-state index is 0.0201. The van der Waals surface area contributed by atoms with Crippen LogP contribution in [0.5, 0.6) is 0 Å². The van der Waals surface area contributed by atoms with Crippen LogP contribution < -0.4 is 10.6 Å². The number of aromatic nitrogens is 4. The summed E-state index contributed by atoms with van der Waals surface area (Å²) in [5, 5.41) is 17.9. The van der Waals surface area contributed by atoms with Crippen molar-refractivity contribution in [3.05, 3.63) is 71.4 Å². The summed E-state index contributed by atoms with van der Waals surface area (Å²) in [6.07, 6.45) is 0. The van der Waals surface area contributed by atoms with Gasteiger partial charge in [0, 0.05) is 36.2 Å². The number of benzene rings is 2. The van der Waals surface area contributed by atoms with Crippen LogP contribution in [0.2, 0.25) is 0 Å². The van der Waals surface area contributed by atoms with Crippen molar-refractivity contribution in [3.8, 4) is 11.3 Å². The minimum atomic E-state index is -0.149. The Morgan fingerprint density at radius 1 is 1.06 bits per heavy atom. The highest BCUT2D eigenvalue weighted by Gasteiger charge is 2.13. The highest BCUT2D eigenvalue weighted by molar-refractivity contribution is 7.99. The van der Waals surface area contributed by atoms with Crippen LogP contribution in [0, 0.1) is 0 Å². The summed E-state index contributed by atoms with van der Waals surface area (Å²) in [6, 6.07) is 16.9. The predicted molar refractivity (Wildman–Crippen MR) is 132 cm³/mol. The lowest BCUT2D eigenvalue weighted by molar-refractivity contribution is -0.114. The summed E-state index contributed by atoms with van der Waals surface area (Å²) >= 11 is 2.88. The molecule has 4 aromatic rings. The molecule has 0 unspecified atom stereocenters. The first-order chi connectivity index (χ1) is 16.0. The molecular weight excluding hydrogens is 456 g/mol. The maximum absolute atomic E-state index is 12.5. The van der Waals surface area contributed by atoms with E-state index in [9.17, 15) is 9.59 Å². The fraction of sp³-hybridized carbons (Fsp3) is 0.174. The zero-order chi connectivity index (χ0) is 23.2. The van der Waals surface area contributed by atoms with Crippen molar-refractivity contribution < 1.29 is 9.59 Å². The molecule has 2 heterocycles. The van der Waals surface area contributed by atoms with Crippen LogP contribution >= 0.6 is 23.1 Å². The van der Waals surface area contributed by atoms with Gasteiger partial charge in [-0.2, -0.15) is 0 Å². The molecule has 0 saturated carbocycles. The lowest BCUT2D eigenvalue weighted by Gasteiger charge is -2.05. The number of anilines is 2. The molecule has 0 aliphatic heterocycles. The quantitative estimate of drug-likeness (QED) is 0.270. The molecule has 168 valence electrons. The molecule has 0 fully saturated rings. The highest BCUT2D eigenvalue weighted by Crippen LogP contribution is 2.25. The Morgan fingerprint density at radius 2 is 1.82 bits per heavy atom.